The van der Waals surface area contributed by atoms with Crippen molar-refractivity contribution < 1.29 is 9.90 Å². The van der Waals surface area contributed by atoms with Crippen molar-refractivity contribution in [1.82, 2.24) is 4.98 Å². The Morgan fingerprint density at radius 2 is 2.27 bits per heavy atom. The lowest BCUT2D eigenvalue weighted by Crippen LogP contribution is -2.01. The molecule has 76 valence electrons. The number of nitrogens with zero attached hydrogens (tertiary/aromatic N) is 1. The molecule has 0 aliphatic carbocycles. The molecular formula is C10H7ClN2O2. The van der Waals surface area contributed by atoms with Gasteiger partial charge < -0.3 is 10.8 Å². The van der Waals surface area contributed by atoms with Crippen LogP contribution >= 0.6 is 11.6 Å². The van der Waals surface area contributed by atoms with Crippen molar-refractivity contribution in [1.29, 1.82) is 0 Å². The van der Waals surface area contributed by atoms with Crippen LogP contribution in [0, 0.1) is 0 Å². The van der Waals surface area contributed by atoms with E-state index in [9.17, 15) is 4.79 Å². The summed E-state index contributed by atoms with van der Waals surface area (Å²) in [5, 5.41) is 9.75. The SMILES string of the molecule is Nc1c(Cl)cc(C(=O)O)c2ncccc12. The molecule has 2 aromatic rings. The second kappa shape index (κ2) is 3.40. The molecule has 0 bridgehead atoms. The maximum atomic E-state index is 10.9. The van der Waals surface area contributed by atoms with Crippen LogP contribution in [-0.4, -0.2) is 16.1 Å². The number of benzene rings is 1. The molecule has 0 spiro atoms. The summed E-state index contributed by atoms with van der Waals surface area (Å²) in [5.74, 6) is -1.07. The number of hydrogen-bond donors (Lipinski definition) is 2. The molecule has 1 aromatic carbocycles. The predicted molar refractivity (Wildman–Crippen MR) is 58.1 cm³/mol. The van der Waals surface area contributed by atoms with E-state index in [1.807, 2.05) is 0 Å². The highest BCUT2D eigenvalue weighted by molar-refractivity contribution is 6.35. The van der Waals surface area contributed by atoms with Crippen molar-refractivity contribution in [2.24, 2.45) is 0 Å². The Kier molecular flexibility index (Phi) is 2.21. The third-order valence-electron chi connectivity index (χ3n) is 2.11. The number of anilines is 1. The van der Waals surface area contributed by atoms with Crippen molar-refractivity contribution in [2.45, 2.75) is 0 Å². The number of carboxylic acid groups (broad SMARTS) is 1. The van der Waals surface area contributed by atoms with Gasteiger partial charge in [-0.05, 0) is 18.2 Å². The molecule has 0 aliphatic rings. The van der Waals surface area contributed by atoms with E-state index in [2.05, 4.69) is 4.98 Å². The van der Waals surface area contributed by atoms with Crippen LogP contribution in [0.4, 0.5) is 5.69 Å². The average molecular weight is 223 g/mol. The fourth-order valence-electron chi connectivity index (χ4n) is 1.40. The van der Waals surface area contributed by atoms with Crippen LogP contribution in [0.5, 0.6) is 0 Å². The maximum Gasteiger partial charge on any atom is 0.337 e. The largest absolute Gasteiger partial charge is 0.478 e. The number of halogens is 1. The van der Waals surface area contributed by atoms with Gasteiger partial charge in [-0.2, -0.15) is 0 Å². The molecule has 5 heteroatoms. The molecule has 3 N–H and O–H groups in total. The molecule has 0 saturated carbocycles. The molecule has 1 heterocycles. The number of carbonyl (C=O) groups is 1. The molecule has 1 aromatic heterocycles. The van der Waals surface area contributed by atoms with Crippen molar-refractivity contribution in [3.05, 3.63) is 35.0 Å². The van der Waals surface area contributed by atoms with Gasteiger partial charge in [-0.15, -0.1) is 0 Å². The first-order valence-electron chi connectivity index (χ1n) is 4.17. The van der Waals surface area contributed by atoms with E-state index < -0.39 is 5.97 Å². The van der Waals surface area contributed by atoms with Gasteiger partial charge in [0.15, 0.2) is 0 Å². The fourth-order valence-corrected chi connectivity index (χ4v) is 1.61. The van der Waals surface area contributed by atoms with E-state index in [1.165, 1.54) is 12.3 Å². The summed E-state index contributed by atoms with van der Waals surface area (Å²) in [6.07, 6.45) is 1.52. The smallest absolute Gasteiger partial charge is 0.337 e. The van der Waals surface area contributed by atoms with Crippen LogP contribution in [0.15, 0.2) is 24.4 Å². The molecule has 4 nitrogen and oxygen atoms in total. The van der Waals surface area contributed by atoms with Crippen LogP contribution < -0.4 is 5.73 Å². The van der Waals surface area contributed by atoms with E-state index in [-0.39, 0.29) is 10.6 Å². The summed E-state index contributed by atoms with van der Waals surface area (Å²) in [6, 6.07) is 4.69. The quantitative estimate of drug-likeness (QED) is 0.725. The Morgan fingerprint density at radius 1 is 1.53 bits per heavy atom. The van der Waals surface area contributed by atoms with Gasteiger partial charge in [0.1, 0.15) is 0 Å². The number of nitrogens with two attached hydrogens (primary N) is 1. The summed E-state index contributed by atoms with van der Waals surface area (Å²) in [4.78, 5) is 14.9. The zero-order chi connectivity index (χ0) is 11.0. The first-order valence-corrected chi connectivity index (χ1v) is 4.55. The van der Waals surface area contributed by atoms with E-state index in [0.29, 0.717) is 16.6 Å². The molecule has 0 unspecified atom stereocenters. The number of fused-ring (bicyclic) bond motifs is 1. The average Bonchev–Trinajstić information content (AvgIpc) is 2.23. The van der Waals surface area contributed by atoms with Gasteiger partial charge in [0, 0.05) is 11.6 Å². The van der Waals surface area contributed by atoms with Crippen LogP contribution in [-0.2, 0) is 0 Å². The number of carboxylic acids is 1. The first kappa shape index (κ1) is 9.73. The summed E-state index contributed by atoms with van der Waals surface area (Å²) < 4.78 is 0. The Bertz CT molecular complexity index is 554. The molecule has 0 amide bonds. The normalized spacial score (nSPS) is 10.5. The minimum absolute atomic E-state index is 0.0600. The molecule has 0 radical (unpaired) electrons. The van der Waals surface area contributed by atoms with Crippen molar-refractivity contribution in [2.75, 3.05) is 5.73 Å². The summed E-state index contributed by atoms with van der Waals surface area (Å²) in [5.41, 5.74) is 6.49. The topological polar surface area (TPSA) is 76.2 Å². The number of rotatable bonds is 1. The summed E-state index contributed by atoms with van der Waals surface area (Å²) >= 11 is 5.82. The number of aromatic carboxylic acids is 1. The molecule has 15 heavy (non-hydrogen) atoms. The first-order chi connectivity index (χ1) is 7.11. The lowest BCUT2D eigenvalue weighted by molar-refractivity contribution is 0.0699. The van der Waals surface area contributed by atoms with Gasteiger partial charge in [0.2, 0.25) is 0 Å². The van der Waals surface area contributed by atoms with Crippen molar-refractivity contribution >= 4 is 34.2 Å². The molecule has 0 fully saturated rings. The van der Waals surface area contributed by atoms with Crippen LogP contribution in [0.1, 0.15) is 10.4 Å². The monoisotopic (exact) mass is 222 g/mol. The van der Waals surface area contributed by atoms with Crippen LogP contribution in [0.3, 0.4) is 0 Å². The van der Waals surface area contributed by atoms with Crippen molar-refractivity contribution in [3.8, 4) is 0 Å². The number of aromatic nitrogens is 1. The van der Waals surface area contributed by atoms with E-state index >= 15 is 0 Å². The number of hydrogen-bond acceptors (Lipinski definition) is 3. The van der Waals surface area contributed by atoms with Gasteiger partial charge in [-0.25, -0.2) is 4.79 Å². The number of nitrogen functional groups attached to an aromatic ring is 1. The second-order valence-corrected chi connectivity index (χ2v) is 3.43. The zero-order valence-corrected chi connectivity index (χ0v) is 8.32. The predicted octanol–water partition coefficient (Wildman–Crippen LogP) is 2.17. The Labute approximate surface area is 90.3 Å². The molecule has 2 rings (SSSR count). The Hall–Kier alpha value is -1.81. The molecule has 0 atom stereocenters. The highest BCUT2D eigenvalue weighted by atomic mass is 35.5. The highest BCUT2D eigenvalue weighted by Crippen LogP contribution is 2.30. The Balaban J connectivity index is 2.94. The zero-order valence-electron chi connectivity index (χ0n) is 7.57. The van der Waals surface area contributed by atoms with E-state index in [0.717, 1.165) is 0 Å². The Morgan fingerprint density at radius 3 is 2.93 bits per heavy atom. The third kappa shape index (κ3) is 1.49. The van der Waals surface area contributed by atoms with Gasteiger partial charge in [-0.3, -0.25) is 4.98 Å². The van der Waals surface area contributed by atoms with Gasteiger partial charge in [0.25, 0.3) is 0 Å². The minimum Gasteiger partial charge on any atom is -0.478 e. The summed E-state index contributed by atoms with van der Waals surface area (Å²) in [6.45, 7) is 0. The van der Waals surface area contributed by atoms with Gasteiger partial charge in [0.05, 0.1) is 21.8 Å². The fraction of sp³-hybridized carbons (Fsp3) is 0. The minimum atomic E-state index is -1.07. The second-order valence-electron chi connectivity index (χ2n) is 3.02. The lowest BCUT2D eigenvalue weighted by atomic mass is 10.1. The highest BCUT2D eigenvalue weighted by Gasteiger charge is 2.14. The third-order valence-corrected chi connectivity index (χ3v) is 2.42. The molecule has 0 saturated heterocycles. The standard InChI is InChI=1S/C10H7ClN2O2/c11-7-4-6(10(14)15)9-5(8(7)12)2-1-3-13-9/h1-4H,12H2,(H,14,15). The van der Waals surface area contributed by atoms with Gasteiger partial charge in [-0.1, -0.05) is 11.6 Å². The van der Waals surface area contributed by atoms with Crippen molar-refractivity contribution in [3.63, 3.8) is 0 Å². The van der Waals surface area contributed by atoms with Gasteiger partial charge >= 0.3 is 5.97 Å². The maximum absolute atomic E-state index is 10.9. The molecular weight excluding hydrogens is 216 g/mol. The molecule has 0 aliphatic heterocycles. The number of pyridine rings is 1. The summed E-state index contributed by atoms with van der Waals surface area (Å²) in [7, 11) is 0. The lowest BCUT2D eigenvalue weighted by Gasteiger charge is -2.06. The van der Waals surface area contributed by atoms with E-state index in [4.69, 9.17) is 22.4 Å². The van der Waals surface area contributed by atoms with Crippen LogP contribution in [0.2, 0.25) is 5.02 Å². The van der Waals surface area contributed by atoms with Crippen LogP contribution in [0.25, 0.3) is 10.9 Å². The van der Waals surface area contributed by atoms with E-state index in [1.54, 1.807) is 12.1 Å².